The summed E-state index contributed by atoms with van der Waals surface area (Å²) in [4.78, 5) is 29.6. The Morgan fingerprint density at radius 3 is 2.30 bits per heavy atom. The molecule has 156 valence electrons. The molecule has 2 N–H and O–H groups in total. The fraction of sp³-hybridized carbons (Fsp3) is 0.227. The third kappa shape index (κ3) is 5.36. The Morgan fingerprint density at radius 2 is 1.67 bits per heavy atom. The monoisotopic (exact) mass is 425 g/mol. The number of ether oxygens (including phenoxy) is 2. The zero-order chi connectivity index (χ0) is 21.5. The fourth-order valence-electron chi connectivity index (χ4n) is 2.75. The van der Waals surface area contributed by atoms with E-state index in [0.717, 1.165) is 21.9 Å². The molecule has 0 aliphatic heterocycles. The van der Waals surface area contributed by atoms with E-state index in [1.165, 1.54) is 11.3 Å². The van der Waals surface area contributed by atoms with E-state index in [-0.39, 0.29) is 12.5 Å². The number of hydrogen-bond donors (Lipinski definition) is 2. The lowest BCUT2D eigenvalue weighted by Gasteiger charge is -2.06. The molecule has 30 heavy (non-hydrogen) atoms. The Bertz CT molecular complexity index is 1010. The third-order valence-electron chi connectivity index (χ3n) is 4.12. The molecule has 1 heterocycles. The highest BCUT2D eigenvalue weighted by molar-refractivity contribution is 7.16. The van der Waals surface area contributed by atoms with Gasteiger partial charge in [0.1, 0.15) is 5.75 Å². The van der Waals surface area contributed by atoms with Gasteiger partial charge in [0.05, 0.1) is 18.9 Å². The van der Waals surface area contributed by atoms with Crippen LogP contribution >= 0.6 is 11.3 Å². The van der Waals surface area contributed by atoms with Crippen molar-refractivity contribution in [2.24, 2.45) is 0 Å². The van der Waals surface area contributed by atoms with Crippen LogP contribution in [0.4, 0.5) is 15.6 Å². The Morgan fingerprint density at radius 1 is 0.967 bits per heavy atom. The maximum Gasteiger partial charge on any atom is 0.411 e. The van der Waals surface area contributed by atoms with Gasteiger partial charge in [-0.3, -0.25) is 15.4 Å². The van der Waals surface area contributed by atoms with Crippen molar-refractivity contribution in [3.8, 4) is 17.0 Å². The summed E-state index contributed by atoms with van der Waals surface area (Å²) in [5.41, 5.74) is 2.79. The first-order chi connectivity index (χ1) is 14.5. The highest BCUT2D eigenvalue weighted by atomic mass is 32.1. The van der Waals surface area contributed by atoms with Crippen LogP contribution in [0, 0.1) is 6.92 Å². The number of aromatic nitrogens is 1. The van der Waals surface area contributed by atoms with Crippen LogP contribution in [0.5, 0.6) is 5.75 Å². The normalized spacial score (nSPS) is 10.4. The Labute approximate surface area is 179 Å². The molecule has 0 aliphatic carbocycles. The number of nitrogens with zero attached hydrogens (tertiary/aromatic N) is 1. The van der Waals surface area contributed by atoms with Crippen molar-refractivity contribution in [2.45, 2.75) is 20.8 Å². The SMILES string of the molecule is CCOC(=O)Nc1ccc(C(=O)Nc2nc(-c3ccc(OCC)cc3)c(C)s2)cc1. The number of benzene rings is 2. The van der Waals surface area contributed by atoms with Crippen LogP contribution in [-0.4, -0.2) is 30.2 Å². The number of nitrogens with one attached hydrogen (secondary N) is 2. The molecule has 3 aromatic rings. The lowest BCUT2D eigenvalue weighted by atomic mass is 10.1. The number of carbonyl (C=O) groups excluding carboxylic acids is 2. The molecule has 7 nitrogen and oxygen atoms in total. The summed E-state index contributed by atoms with van der Waals surface area (Å²) in [6.45, 7) is 6.55. The van der Waals surface area contributed by atoms with E-state index < -0.39 is 6.09 Å². The molecule has 2 amide bonds. The molecule has 8 heteroatoms. The summed E-state index contributed by atoms with van der Waals surface area (Å²) in [7, 11) is 0. The predicted molar refractivity (Wildman–Crippen MR) is 118 cm³/mol. The van der Waals surface area contributed by atoms with Gasteiger partial charge in [0, 0.05) is 21.7 Å². The zero-order valence-electron chi connectivity index (χ0n) is 17.0. The van der Waals surface area contributed by atoms with Gasteiger partial charge in [0.15, 0.2) is 5.13 Å². The second-order valence-corrected chi connectivity index (χ2v) is 7.46. The highest BCUT2D eigenvalue weighted by Crippen LogP contribution is 2.31. The molecule has 0 saturated carbocycles. The lowest BCUT2D eigenvalue weighted by Crippen LogP contribution is -2.14. The lowest BCUT2D eigenvalue weighted by molar-refractivity contribution is 0.102. The molecule has 0 fully saturated rings. The average molecular weight is 426 g/mol. The Kier molecular flexibility index (Phi) is 7.03. The third-order valence-corrected chi connectivity index (χ3v) is 5.01. The minimum Gasteiger partial charge on any atom is -0.494 e. The van der Waals surface area contributed by atoms with Crippen LogP contribution in [0.25, 0.3) is 11.3 Å². The molecular weight excluding hydrogens is 402 g/mol. The minimum atomic E-state index is -0.533. The van der Waals surface area contributed by atoms with Crippen LogP contribution in [-0.2, 0) is 4.74 Å². The van der Waals surface area contributed by atoms with Crippen molar-refractivity contribution in [1.29, 1.82) is 0 Å². The quantitative estimate of drug-likeness (QED) is 0.533. The number of hydrogen-bond acceptors (Lipinski definition) is 6. The maximum atomic E-state index is 12.6. The van der Waals surface area contributed by atoms with E-state index in [0.29, 0.717) is 23.0 Å². The van der Waals surface area contributed by atoms with Gasteiger partial charge in [-0.15, -0.1) is 11.3 Å². The predicted octanol–water partition coefficient (Wildman–Crippen LogP) is 5.34. The van der Waals surface area contributed by atoms with Crippen LogP contribution in [0.15, 0.2) is 48.5 Å². The van der Waals surface area contributed by atoms with Crippen molar-refractivity contribution in [1.82, 2.24) is 4.98 Å². The molecule has 3 rings (SSSR count). The number of carbonyl (C=O) groups is 2. The Balaban J connectivity index is 1.67. The van der Waals surface area contributed by atoms with E-state index in [9.17, 15) is 9.59 Å². The van der Waals surface area contributed by atoms with Gasteiger partial charge < -0.3 is 9.47 Å². The second-order valence-electron chi connectivity index (χ2n) is 6.26. The summed E-state index contributed by atoms with van der Waals surface area (Å²) in [6, 6.07) is 14.3. The minimum absolute atomic E-state index is 0.273. The summed E-state index contributed by atoms with van der Waals surface area (Å²) in [5.74, 6) is 0.535. The average Bonchev–Trinajstić information content (AvgIpc) is 3.09. The van der Waals surface area contributed by atoms with E-state index in [2.05, 4.69) is 15.6 Å². The summed E-state index contributed by atoms with van der Waals surface area (Å²) in [5, 5.41) is 5.94. The molecule has 0 radical (unpaired) electrons. The van der Waals surface area contributed by atoms with Crippen LogP contribution in [0.1, 0.15) is 29.1 Å². The second kappa shape index (κ2) is 9.89. The molecular formula is C22H23N3O4S. The molecule has 0 atom stereocenters. The van der Waals surface area contributed by atoms with Gasteiger partial charge in [-0.1, -0.05) is 0 Å². The molecule has 0 bridgehead atoms. The topological polar surface area (TPSA) is 89.5 Å². The smallest absolute Gasteiger partial charge is 0.411 e. The Hall–Kier alpha value is -3.39. The van der Waals surface area contributed by atoms with E-state index in [4.69, 9.17) is 9.47 Å². The number of rotatable bonds is 7. The van der Waals surface area contributed by atoms with Crippen LogP contribution in [0.2, 0.25) is 0 Å². The largest absolute Gasteiger partial charge is 0.494 e. The standard InChI is InChI=1S/C22H23N3O4S/c1-4-28-18-12-8-15(9-13-18)19-14(3)30-21(24-19)25-20(26)16-6-10-17(11-7-16)23-22(27)29-5-2/h6-13H,4-5H2,1-3H3,(H,23,27)(H,24,25,26). The summed E-state index contributed by atoms with van der Waals surface area (Å²) in [6.07, 6.45) is -0.533. The molecule has 0 unspecified atom stereocenters. The van der Waals surface area contributed by atoms with Crippen LogP contribution in [0.3, 0.4) is 0 Å². The van der Waals surface area contributed by atoms with Crippen molar-refractivity contribution in [3.63, 3.8) is 0 Å². The first-order valence-corrected chi connectivity index (χ1v) is 10.4. The van der Waals surface area contributed by atoms with Crippen molar-refractivity contribution in [3.05, 3.63) is 59.0 Å². The van der Waals surface area contributed by atoms with Crippen molar-refractivity contribution < 1.29 is 19.1 Å². The number of anilines is 2. The van der Waals surface area contributed by atoms with E-state index in [1.54, 1.807) is 31.2 Å². The van der Waals surface area contributed by atoms with Gasteiger partial charge in [-0.2, -0.15) is 0 Å². The molecule has 0 spiro atoms. The van der Waals surface area contributed by atoms with Gasteiger partial charge in [-0.25, -0.2) is 9.78 Å². The molecule has 0 saturated heterocycles. The van der Waals surface area contributed by atoms with E-state index >= 15 is 0 Å². The van der Waals surface area contributed by atoms with E-state index in [1.807, 2.05) is 38.1 Å². The number of amides is 2. The van der Waals surface area contributed by atoms with Gasteiger partial charge in [-0.05, 0) is 69.3 Å². The van der Waals surface area contributed by atoms with Gasteiger partial charge >= 0.3 is 6.09 Å². The highest BCUT2D eigenvalue weighted by Gasteiger charge is 2.14. The van der Waals surface area contributed by atoms with Gasteiger partial charge in [0.25, 0.3) is 5.91 Å². The number of thiazole rings is 1. The number of aryl methyl sites for hydroxylation is 1. The first kappa shape index (κ1) is 21.3. The molecule has 2 aromatic carbocycles. The maximum absolute atomic E-state index is 12.6. The summed E-state index contributed by atoms with van der Waals surface area (Å²) >= 11 is 1.42. The molecule has 1 aromatic heterocycles. The first-order valence-electron chi connectivity index (χ1n) is 9.56. The fourth-order valence-corrected chi connectivity index (χ4v) is 3.58. The van der Waals surface area contributed by atoms with Gasteiger partial charge in [0.2, 0.25) is 0 Å². The van der Waals surface area contributed by atoms with Crippen molar-refractivity contribution >= 4 is 34.2 Å². The molecule has 0 aliphatic rings. The summed E-state index contributed by atoms with van der Waals surface area (Å²) < 4.78 is 10.3. The zero-order valence-corrected chi connectivity index (χ0v) is 17.8. The van der Waals surface area contributed by atoms with Crippen molar-refractivity contribution in [2.75, 3.05) is 23.8 Å². The van der Waals surface area contributed by atoms with Crippen LogP contribution < -0.4 is 15.4 Å².